The second kappa shape index (κ2) is 7.67. The van der Waals surface area contributed by atoms with Gasteiger partial charge < -0.3 is 14.7 Å². The van der Waals surface area contributed by atoms with Crippen LogP contribution in [0.1, 0.15) is 51.7 Å². The minimum atomic E-state index is -0.433. The number of piperidine rings is 1. The number of aliphatic hydroxyl groups excluding tert-OH is 1. The number of aryl methyl sites for hydroxylation is 1. The summed E-state index contributed by atoms with van der Waals surface area (Å²) in [6.07, 6.45) is 2.04. The molecule has 1 aromatic carbocycles. The summed E-state index contributed by atoms with van der Waals surface area (Å²) in [6, 6.07) is 6.29. The molecule has 0 radical (unpaired) electrons. The van der Waals surface area contributed by atoms with Gasteiger partial charge in [-0.2, -0.15) is 0 Å². The Morgan fingerprint density at radius 1 is 1.26 bits per heavy atom. The average Bonchev–Trinajstić information content (AvgIpc) is 2.47. The Balaban J connectivity index is 1.90. The van der Waals surface area contributed by atoms with E-state index in [-0.39, 0.29) is 5.41 Å². The number of likely N-dealkylation sites (tertiary alicyclic amines) is 1. The Kier molecular flexibility index (Phi) is 6.10. The molecule has 23 heavy (non-hydrogen) atoms. The largest absolute Gasteiger partial charge is 0.491 e. The van der Waals surface area contributed by atoms with E-state index in [4.69, 9.17) is 4.74 Å². The average molecular weight is 319 g/mol. The molecule has 130 valence electrons. The van der Waals surface area contributed by atoms with Crippen molar-refractivity contribution >= 4 is 0 Å². The number of nitrogens with zero attached hydrogens (tertiary/aromatic N) is 1. The first kappa shape index (κ1) is 18.3. The second-order valence-corrected chi connectivity index (χ2v) is 8.20. The maximum absolute atomic E-state index is 10.3. The molecule has 1 aliphatic rings. The highest BCUT2D eigenvalue weighted by molar-refractivity contribution is 5.41. The van der Waals surface area contributed by atoms with Crippen LogP contribution in [0.25, 0.3) is 0 Å². The van der Waals surface area contributed by atoms with E-state index in [1.165, 1.54) is 24.0 Å². The van der Waals surface area contributed by atoms with E-state index in [1.54, 1.807) is 0 Å². The second-order valence-electron chi connectivity index (χ2n) is 8.20. The van der Waals surface area contributed by atoms with Crippen molar-refractivity contribution in [2.75, 3.05) is 26.2 Å². The van der Waals surface area contributed by atoms with E-state index in [2.05, 4.69) is 51.7 Å². The van der Waals surface area contributed by atoms with Gasteiger partial charge in [-0.1, -0.05) is 45.4 Å². The summed E-state index contributed by atoms with van der Waals surface area (Å²) in [5.41, 5.74) is 2.48. The number of aliphatic hydroxyl groups is 1. The number of rotatable bonds is 5. The highest BCUT2D eigenvalue weighted by Crippen LogP contribution is 2.32. The van der Waals surface area contributed by atoms with Crippen molar-refractivity contribution in [1.29, 1.82) is 0 Å². The van der Waals surface area contributed by atoms with Gasteiger partial charge in [0.05, 0.1) is 0 Å². The fraction of sp³-hybridized carbons (Fsp3) is 0.700. The third-order valence-electron chi connectivity index (χ3n) is 4.72. The van der Waals surface area contributed by atoms with E-state index in [0.717, 1.165) is 24.8 Å². The van der Waals surface area contributed by atoms with Crippen LogP contribution in [0.4, 0.5) is 0 Å². The predicted molar refractivity (Wildman–Crippen MR) is 96.2 cm³/mol. The van der Waals surface area contributed by atoms with Gasteiger partial charge in [0.25, 0.3) is 0 Å². The Bertz CT molecular complexity index is 499. The van der Waals surface area contributed by atoms with Crippen molar-refractivity contribution in [3.63, 3.8) is 0 Å². The highest BCUT2D eigenvalue weighted by Gasteiger charge is 2.21. The van der Waals surface area contributed by atoms with Crippen molar-refractivity contribution in [3.05, 3.63) is 29.3 Å². The zero-order chi connectivity index (χ0) is 17.0. The van der Waals surface area contributed by atoms with Gasteiger partial charge in [-0.15, -0.1) is 0 Å². The van der Waals surface area contributed by atoms with Gasteiger partial charge in [-0.3, -0.25) is 0 Å². The van der Waals surface area contributed by atoms with Gasteiger partial charge in [0.1, 0.15) is 18.5 Å². The number of hydrogen-bond donors (Lipinski definition) is 1. The molecule has 1 saturated heterocycles. The first-order valence-corrected chi connectivity index (χ1v) is 8.90. The molecular weight excluding hydrogens is 286 g/mol. The lowest BCUT2D eigenvalue weighted by molar-refractivity contribution is 0.0557. The fourth-order valence-corrected chi connectivity index (χ4v) is 3.14. The number of ether oxygens (including phenoxy) is 1. The van der Waals surface area contributed by atoms with Crippen LogP contribution < -0.4 is 4.74 Å². The monoisotopic (exact) mass is 319 g/mol. The third-order valence-corrected chi connectivity index (χ3v) is 4.72. The van der Waals surface area contributed by atoms with Crippen LogP contribution in [0.5, 0.6) is 5.75 Å². The molecule has 1 unspecified atom stereocenters. The molecule has 2 rings (SSSR count). The van der Waals surface area contributed by atoms with Crippen LogP contribution in [-0.4, -0.2) is 42.4 Å². The zero-order valence-corrected chi connectivity index (χ0v) is 15.4. The van der Waals surface area contributed by atoms with E-state index in [0.29, 0.717) is 13.2 Å². The predicted octanol–water partition coefficient (Wildman–Crippen LogP) is 3.76. The lowest BCUT2D eigenvalue weighted by Crippen LogP contribution is -2.40. The summed E-state index contributed by atoms with van der Waals surface area (Å²) < 4.78 is 5.97. The summed E-state index contributed by atoms with van der Waals surface area (Å²) in [5, 5.41) is 10.3. The van der Waals surface area contributed by atoms with Crippen LogP contribution in [0, 0.1) is 12.8 Å². The Morgan fingerprint density at radius 2 is 1.91 bits per heavy atom. The first-order valence-electron chi connectivity index (χ1n) is 8.90. The SMILES string of the molecule is Cc1ccc(OCC(O)CN2CCC(C)CC2)c(C(C)(C)C)c1. The summed E-state index contributed by atoms with van der Waals surface area (Å²) in [7, 11) is 0. The van der Waals surface area contributed by atoms with E-state index in [9.17, 15) is 5.11 Å². The van der Waals surface area contributed by atoms with Gasteiger partial charge in [0.2, 0.25) is 0 Å². The number of β-amino-alcohol motifs (C(OH)–C–C–N with tert-alkyl or cyclic N) is 1. The molecule has 1 heterocycles. The molecule has 1 N–H and O–H groups in total. The molecule has 0 spiro atoms. The van der Waals surface area contributed by atoms with E-state index < -0.39 is 6.10 Å². The van der Waals surface area contributed by atoms with Crippen LogP contribution in [0.2, 0.25) is 0 Å². The number of benzene rings is 1. The summed E-state index contributed by atoms with van der Waals surface area (Å²) >= 11 is 0. The normalized spacial score (nSPS) is 18.9. The Hall–Kier alpha value is -1.06. The van der Waals surface area contributed by atoms with Gasteiger partial charge in [-0.05, 0) is 55.8 Å². The summed E-state index contributed by atoms with van der Waals surface area (Å²) in [4.78, 5) is 2.35. The van der Waals surface area contributed by atoms with Crippen molar-refractivity contribution in [2.45, 2.75) is 59.0 Å². The van der Waals surface area contributed by atoms with Crippen molar-refractivity contribution in [2.24, 2.45) is 5.92 Å². The fourth-order valence-electron chi connectivity index (χ4n) is 3.14. The molecule has 0 aromatic heterocycles. The highest BCUT2D eigenvalue weighted by atomic mass is 16.5. The molecule has 1 fully saturated rings. The topological polar surface area (TPSA) is 32.7 Å². The lowest BCUT2D eigenvalue weighted by Gasteiger charge is -2.31. The Morgan fingerprint density at radius 3 is 2.52 bits per heavy atom. The minimum absolute atomic E-state index is 0.0370. The van der Waals surface area contributed by atoms with E-state index in [1.807, 2.05) is 6.07 Å². The quantitative estimate of drug-likeness (QED) is 0.897. The van der Waals surface area contributed by atoms with E-state index >= 15 is 0 Å². The number of hydrogen-bond acceptors (Lipinski definition) is 3. The van der Waals surface area contributed by atoms with Gasteiger partial charge >= 0.3 is 0 Å². The maximum atomic E-state index is 10.3. The van der Waals surface area contributed by atoms with Crippen LogP contribution in [0.3, 0.4) is 0 Å². The molecule has 0 amide bonds. The van der Waals surface area contributed by atoms with Crippen LogP contribution >= 0.6 is 0 Å². The molecular formula is C20H33NO2. The van der Waals surface area contributed by atoms with Gasteiger partial charge in [0.15, 0.2) is 0 Å². The first-order chi connectivity index (χ1) is 10.8. The standard InChI is InChI=1S/C20H33NO2/c1-15-8-10-21(11-9-15)13-17(22)14-23-19-7-6-16(2)12-18(19)20(3,4)5/h6-7,12,15,17,22H,8-11,13-14H2,1-5H3. The molecule has 1 atom stereocenters. The van der Waals surface area contributed by atoms with Gasteiger partial charge in [0, 0.05) is 6.54 Å². The summed E-state index contributed by atoms with van der Waals surface area (Å²) in [5.74, 6) is 1.72. The van der Waals surface area contributed by atoms with Crippen LogP contribution in [-0.2, 0) is 5.41 Å². The smallest absolute Gasteiger partial charge is 0.123 e. The molecule has 0 aliphatic carbocycles. The molecule has 1 aromatic rings. The molecule has 1 aliphatic heterocycles. The molecule has 3 heteroatoms. The van der Waals surface area contributed by atoms with Crippen molar-refractivity contribution < 1.29 is 9.84 Å². The Labute approximate surface area is 141 Å². The van der Waals surface area contributed by atoms with Gasteiger partial charge in [-0.25, -0.2) is 0 Å². The minimum Gasteiger partial charge on any atom is -0.491 e. The lowest BCUT2D eigenvalue weighted by atomic mass is 9.85. The van der Waals surface area contributed by atoms with Crippen molar-refractivity contribution in [3.8, 4) is 5.75 Å². The van der Waals surface area contributed by atoms with Crippen LogP contribution in [0.15, 0.2) is 18.2 Å². The summed E-state index contributed by atoms with van der Waals surface area (Å²) in [6.45, 7) is 14.3. The molecule has 3 nitrogen and oxygen atoms in total. The third kappa shape index (κ3) is 5.50. The zero-order valence-electron chi connectivity index (χ0n) is 15.4. The molecule has 0 saturated carbocycles. The maximum Gasteiger partial charge on any atom is 0.123 e. The molecule has 0 bridgehead atoms. The van der Waals surface area contributed by atoms with Crippen molar-refractivity contribution in [1.82, 2.24) is 4.90 Å².